The van der Waals surface area contributed by atoms with Crippen LogP contribution in [0.3, 0.4) is 0 Å². The number of halogens is 1. The van der Waals surface area contributed by atoms with Crippen LogP contribution in [0, 0.1) is 3.57 Å². The molecule has 21 heavy (non-hydrogen) atoms. The summed E-state index contributed by atoms with van der Waals surface area (Å²) in [6, 6.07) is 14.4. The van der Waals surface area contributed by atoms with Crippen molar-refractivity contribution in [3.8, 4) is 0 Å². The third-order valence-electron chi connectivity index (χ3n) is 2.58. The van der Waals surface area contributed by atoms with Crippen molar-refractivity contribution in [2.24, 2.45) is 0 Å². The standard InChI is InChI=1S/C15H12INO3S/c1-20-15(19)17-12-6-8-13(9-7-12)21-14(18)10-2-4-11(16)5-3-10/h2-9H,1H3,(H,17,19). The van der Waals surface area contributed by atoms with Crippen LogP contribution in [-0.4, -0.2) is 18.3 Å². The lowest BCUT2D eigenvalue weighted by molar-refractivity contribution is 0.108. The highest BCUT2D eigenvalue weighted by Gasteiger charge is 2.08. The number of hydrogen-bond donors (Lipinski definition) is 1. The number of carbonyl (C=O) groups excluding carboxylic acids is 2. The molecule has 0 unspecified atom stereocenters. The largest absolute Gasteiger partial charge is 0.453 e. The van der Waals surface area contributed by atoms with E-state index in [9.17, 15) is 9.59 Å². The Morgan fingerprint density at radius 2 is 1.67 bits per heavy atom. The van der Waals surface area contributed by atoms with Gasteiger partial charge in [-0.1, -0.05) is 0 Å². The fourth-order valence-corrected chi connectivity index (χ4v) is 2.63. The van der Waals surface area contributed by atoms with Crippen LogP contribution < -0.4 is 5.32 Å². The van der Waals surface area contributed by atoms with Gasteiger partial charge in [0.1, 0.15) is 0 Å². The van der Waals surface area contributed by atoms with Crippen molar-refractivity contribution in [2.45, 2.75) is 4.90 Å². The number of benzene rings is 2. The molecule has 2 aromatic carbocycles. The van der Waals surface area contributed by atoms with Crippen LogP contribution in [0.15, 0.2) is 53.4 Å². The minimum atomic E-state index is -0.523. The molecule has 0 radical (unpaired) electrons. The Morgan fingerprint density at radius 3 is 2.24 bits per heavy atom. The summed E-state index contributed by atoms with van der Waals surface area (Å²) >= 11 is 3.35. The average Bonchev–Trinajstić information content (AvgIpc) is 2.49. The molecule has 108 valence electrons. The SMILES string of the molecule is COC(=O)Nc1ccc(SC(=O)c2ccc(I)cc2)cc1. The summed E-state index contributed by atoms with van der Waals surface area (Å²) in [4.78, 5) is 24.0. The van der Waals surface area contributed by atoms with Crippen molar-refractivity contribution in [2.75, 3.05) is 12.4 Å². The average molecular weight is 413 g/mol. The molecule has 0 heterocycles. The fourth-order valence-electron chi connectivity index (χ4n) is 1.53. The van der Waals surface area contributed by atoms with E-state index in [1.165, 1.54) is 7.11 Å². The molecule has 0 fully saturated rings. The maximum absolute atomic E-state index is 12.1. The second kappa shape index (κ2) is 7.46. The molecule has 0 spiro atoms. The molecule has 1 amide bonds. The van der Waals surface area contributed by atoms with Gasteiger partial charge in [0.05, 0.1) is 7.11 Å². The zero-order valence-corrected chi connectivity index (χ0v) is 14.1. The lowest BCUT2D eigenvalue weighted by atomic mass is 10.2. The van der Waals surface area contributed by atoms with Gasteiger partial charge in [-0.05, 0) is 82.9 Å². The monoisotopic (exact) mass is 413 g/mol. The van der Waals surface area contributed by atoms with E-state index in [1.807, 2.05) is 24.3 Å². The topological polar surface area (TPSA) is 55.4 Å². The van der Waals surface area contributed by atoms with Gasteiger partial charge in [0.25, 0.3) is 0 Å². The van der Waals surface area contributed by atoms with E-state index in [0.717, 1.165) is 20.2 Å². The summed E-state index contributed by atoms with van der Waals surface area (Å²) < 4.78 is 5.60. The molecule has 0 aliphatic heterocycles. The zero-order valence-electron chi connectivity index (χ0n) is 11.1. The summed E-state index contributed by atoms with van der Waals surface area (Å²) in [7, 11) is 1.30. The molecular weight excluding hydrogens is 401 g/mol. The van der Waals surface area contributed by atoms with Crippen LogP contribution >= 0.6 is 34.4 Å². The van der Waals surface area contributed by atoms with E-state index in [4.69, 9.17) is 0 Å². The molecular formula is C15H12INO3S. The first kappa shape index (κ1) is 15.8. The fraction of sp³-hybridized carbons (Fsp3) is 0.0667. The van der Waals surface area contributed by atoms with E-state index in [1.54, 1.807) is 24.3 Å². The number of anilines is 1. The Hall–Kier alpha value is -1.54. The van der Waals surface area contributed by atoms with Gasteiger partial charge < -0.3 is 4.74 Å². The van der Waals surface area contributed by atoms with Crippen LogP contribution in [0.5, 0.6) is 0 Å². The Bertz CT molecular complexity index is 641. The quantitative estimate of drug-likeness (QED) is 0.599. The van der Waals surface area contributed by atoms with E-state index >= 15 is 0 Å². The maximum Gasteiger partial charge on any atom is 0.411 e. The predicted octanol–water partition coefficient (Wildman–Crippen LogP) is 4.40. The first-order chi connectivity index (χ1) is 10.1. The lowest BCUT2D eigenvalue weighted by Gasteiger charge is -2.05. The van der Waals surface area contributed by atoms with Crippen LogP contribution in [0.25, 0.3) is 0 Å². The van der Waals surface area contributed by atoms with Crippen molar-refractivity contribution < 1.29 is 14.3 Å². The van der Waals surface area contributed by atoms with Gasteiger partial charge in [-0.25, -0.2) is 4.79 Å². The number of hydrogen-bond acceptors (Lipinski definition) is 4. The third kappa shape index (κ3) is 4.75. The van der Waals surface area contributed by atoms with Gasteiger partial charge in [0.2, 0.25) is 5.12 Å². The third-order valence-corrected chi connectivity index (χ3v) is 4.22. The van der Waals surface area contributed by atoms with E-state index in [0.29, 0.717) is 11.3 Å². The van der Waals surface area contributed by atoms with Gasteiger partial charge in [-0.3, -0.25) is 10.1 Å². The van der Waals surface area contributed by atoms with Gasteiger partial charge in [-0.2, -0.15) is 0 Å². The number of methoxy groups -OCH3 is 1. The second-order valence-corrected chi connectivity index (χ2v) is 6.33. The molecule has 2 rings (SSSR count). The van der Waals surface area contributed by atoms with E-state index in [2.05, 4.69) is 32.6 Å². The van der Waals surface area contributed by atoms with Crippen LogP contribution in [-0.2, 0) is 4.74 Å². The van der Waals surface area contributed by atoms with Crippen LogP contribution in [0.2, 0.25) is 0 Å². The molecule has 0 aliphatic carbocycles. The number of thioether (sulfide) groups is 1. The van der Waals surface area contributed by atoms with Crippen LogP contribution in [0.4, 0.5) is 10.5 Å². The number of amides is 1. The van der Waals surface area contributed by atoms with Crippen molar-refractivity contribution in [1.82, 2.24) is 0 Å². The zero-order chi connectivity index (χ0) is 15.2. The first-order valence-corrected chi connectivity index (χ1v) is 7.91. The highest BCUT2D eigenvalue weighted by molar-refractivity contribution is 14.1. The molecule has 6 heteroatoms. The molecule has 0 aliphatic rings. The molecule has 0 saturated carbocycles. The van der Waals surface area contributed by atoms with Gasteiger partial charge in [0.15, 0.2) is 0 Å². The van der Waals surface area contributed by atoms with Crippen LogP contribution in [0.1, 0.15) is 10.4 Å². The lowest BCUT2D eigenvalue weighted by Crippen LogP contribution is -2.10. The molecule has 2 aromatic rings. The Labute approximate surface area is 140 Å². The van der Waals surface area contributed by atoms with Crippen molar-refractivity contribution >= 4 is 51.2 Å². The summed E-state index contributed by atoms with van der Waals surface area (Å²) in [6.07, 6.45) is -0.523. The molecule has 0 atom stereocenters. The van der Waals surface area contributed by atoms with E-state index in [-0.39, 0.29) is 5.12 Å². The second-order valence-electron chi connectivity index (χ2n) is 4.04. The predicted molar refractivity (Wildman–Crippen MR) is 91.8 cm³/mol. The number of nitrogens with one attached hydrogen (secondary N) is 1. The normalized spacial score (nSPS) is 10.0. The number of rotatable bonds is 3. The first-order valence-electron chi connectivity index (χ1n) is 6.01. The minimum Gasteiger partial charge on any atom is -0.453 e. The van der Waals surface area contributed by atoms with Crippen molar-refractivity contribution in [1.29, 1.82) is 0 Å². The Kier molecular flexibility index (Phi) is 5.63. The number of ether oxygens (including phenoxy) is 1. The summed E-state index contributed by atoms with van der Waals surface area (Å²) in [5, 5.41) is 2.54. The molecule has 0 aromatic heterocycles. The number of carbonyl (C=O) groups is 2. The van der Waals surface area contributed by atoms with Crippen molar-refractivity contribution in [3.63, 3.8) is 0 Å². The Balaban J connectivity index is 2.01. The van der Waals surface area contributed by atoms with Crippen molar-refractivity contribution in [3.05, 3.63) is 57.7 Å². The summed E-state index contributed by atoms with van der Waals surface area (Å²) in [6.45, 7) is 0. The van der Waals surface area contributed by atoms with Gasteiger partial charge in [0, 0.05) is 19.7 Å². The minimum absolute atomic E-state index is 0.0138. The van der Waals surface area contributed by atoms with Gasteiger partial charge >= 0.3 is 6.09 Å². The smallest absolute Gasteiger partial charge is 0.411 e. The Morgan fingerprint density at radius 1 is 1.05 bits per heavy atom. The summed E-state index contributed by atoms with van der Waals surface area (Å²) in [5.74, 6) is 0. The maximum atomic E-state index is 12.1. The van der Waals surface area contributed by atoms with E-state index < -0.39 is 6.09 Å². The van der Waals surface area contributed by atoms with Gasteiger partial charge in [-0.15, -0.1) is 0 Å². The molecule has 0 bridgehead atoms. The molecule has 4 nitrogen and oxygen atoms in total. The highest BCUT2D eigenvalue weighted by Crippen LogP contribution is 2.24. The summed E-state index contributed by atoms with van der Waals surface area (Å²) in [5.41, 5.74) is 1.28. The molecule has 1 N–H and O–H groups in total. The molecule has 0 saturated heterocycles. The highest BCUT2D eigenvalue weighted by atomic mass is 127.